The average molecular weight is 398 g/mol. The highest BCUT2D eigenvalue weighted by Gasteiger charge is 2.31. The first kappa shape index (κ1) is 18.8. The Labute approximate surface area is 165 Å². The smallest absolute Gasteiger partial charge is 0.257 e. The maximum absolute atomic E-state index is 12.8. The lowest BCUT2D eigenvalue weighted by molar-refractivity contribution is 0.307. The van der Waals surface area contributed by atoms with Gasteiger partial charge in [-0.25, -0.2) is 8.42 Å². The molecule has 0 amide bonds. The molecule has 1 fully saturated rings. The van der Waals surface area contributed by atoms with Gasteiger partial charge in [-0.3, -0.25) is 0 Å². The van der Waals surface area contributed by atoms with Crippen LogP contribution in [0.25, 0.3) is 11.5 Å². The number of rotatable bonds is 4. The summed E-state index contributed by atoms with van der Waals surface area (Å²) in [5.41, 5.74) is 3.11. The number of aryl methyl sites for hydroxylation is 2. The van der Waals surface area contributed by atoms with Crippen LogP contribution in [0.3, 0.4) is 0 Å². The monoisotopic (exact) mass is 397 g/mol. The predicted octanol–water partition coefficient (Wildman–Crippen LogP) is 3.92. The topological polar surface area (TPSA) is 76.3 Å². The highest BCUT2D eigenvalue weighted by molar-refractivity contribution is 7.89. The van der Waals surface area contributed by atoms with Crippen LogP contribution in [0, 0.1) is 13.8 Å². The fourth-order valence-electron chi connectivity index (χ4n) is 3.43. The van der Waals surface area contributed by atoms with Crippen molar-refractivity contribution >= 4 is 10.0 Å². The minimum Gasteiger partial charge on any atom is -0.334 e. The van der Waals surface area contributed by atoms with Gasteiger partial charge in [0.15, 0.2) is 5.82 Å². The summed E-state index contributed by atoms with van der Waals surface area (Å²) in [5, 5.41) is 4.14. The number of hydrogen-bond acceptors (Lipinski definition) is 5. The van der Waals surface area contributed by atoms with E-state index in [1.807, 2.05) is 50.2 Å². The van der Waals surface area contributed by atoms with Gasteiger partial charge in [-0.2, -0.15) is 9.29 Å². The molecule has 6 nitrogen and oxygen atoms in total. The van der Waals surface area contributed by atoms with Crippen molar-refractivity contribution in [1.29, 1.82) is 0 Å². The van der Waals surface area contributed by atoms with E-state index in [4.69, 9.17) is 4.52 Å². The van der Waals surface area contributed by atoms with E-state index in [9.17, 15) is 8.42 Å². The molecule has 1 saturated heterocycles. The molecule has 3 aromatic rings. The molecule has 1 aliphatic heterocycles. The lowest BCUT2D eigenvalue weighted by atomic mass is 9.97. The number of nitrogens with zero attached hydrogens (tertiary/aromatic N) is 3. The van der Waals surface area contributed by atoms with Gasteiger partial charge in [0.2, 0.25) is 10.0 Å². The molecule has 0 atom stereocenters. The van der Waals surface area contributed by atoms with Gasteiger partial charge in [0, 0.05) is 24.6 Å². The second-order valence-corrected chi connectivity index (χ2v) is 9.25. The Kier molecular flexibility index (Phi) is 5.03. The van der Waals surface area contributed by atoms with Gasteiger partial charge in [0.25, 0.3) is 5.89 Å². The zero-order valence-electron chi connectivity index (χ0n) is 16.0. The molecule has 2 heterocycles. The minimum atomic E-state index is -3.46. The fourth-order valence-corrected chi connectivity index (χ4v) is 4.90. The molecule has 146 valence electrons. The summed E-state index contributed by atoms with van der Waals surface area (Å²) in [4.78, 5) is 4.89. The average Bonchev–Trinajstić information content (AvgIpc) is 3.19. The summed E-state index contributed by atoms with van der Waals surface area (Å²) < 4.78 is 32.6. The van der Waals surface area contributed by atoms with Crippen molar-refractivity contribution < 1.29 is 12.9 Å². The lowest BCUT2D eigenvalue weighted by Crippen LogP contribution is -2.38. The zero-order valence-corrected chi connectivity index (χ0v) is 16.8. The normalized spacial score (nSPS) is 16.4. The molecule has 0 aliphatic carbocycles. The Morgan fingerprint density at radius 3 is 2.11 bits per heavy atom. The Morgan fingerprint density at radius 2 is 1.50 bits per heavy atom. The van der Waals surface area contributed by atoms with Crippen LogP contribution in [0.1, 0.15) is 35.7 Å². The summed E-state index contributed by atoms with van der Waals surface area (Å²) >= 11 is 0. The van der Waals surface area contributed by atoms with E-state index in [0.717, 1.165) is 11.1 Å². The zero-order chi connectivity index (χ0) is 19.7. The molecular weight excluding hydrogens is 374 g/mol. The summed E-state index contributed by atoms with van der Waals surface area (Å²) in [6.07, 6.45) is 1.36. The SMILES string of the molecule is Cc1ccc(-c2nc(C3CCN(S(=O)(=O)c4ccc(C)cc4)CC3)no2)cc1. The molecule has 0 spiro atoms. The van der Waals surface area contributed by atoms with Crippen LogP contribution in [0.15, 0.2) is 57.9 Å². The van der Waals surface area contributed by atoms with E-state index in [0.29, 0.717) is 42.5 Å². The van der Waals surface area contributed by atoms with Gasteiger partial charge in [0.05, 0.1) is 4.90 Å². The van der Waals surface area contributed by atoms with Crippen LogP contribution in [-0.4, -0.2) is 36.0 Å². The molecule has 1 aromatic heterocycles. The Balaban J connectivity index is 1.44. The second-order valence-electron chi connectivity index (χ2n) is 7.32. The van der Waals surface area contributed by atoms with Crippen molar-refractivity contribution in [3.8, 4) is 11.5 Å². The third-order valence-corrected chi connectivity index (χ3v) is 7.13. The molecule has 0 saturated carbocycles. The highest BCUT2D eigenvalue weighted by Crippen LogP contribution is 2.30. The lowest BCUT2D eigenvalue weighted by Gasteiger charge is -2.29. The van der Waals surface area contributed by atoms with E-state index < -0.39 is 10.0 Å². The maximum Gasteiger partial charge on any atom is 0.257 e. The van der Waals surface area contributed by atoms with Gasteiger partial charge in [0.1, 0.15) is 0 Å². The van der Waals surface area contributed by atoms with Crippen molar-refractivity contribution in [1.82, 2.24) is 14.4 Å². The van der Waals surface area contributed by atoms with Crippen LogP contribution in [0.4, 0.5) is 0 Å². The molecule has 0 radical (unpaired) electrons. The molecule has 0 unspecified atom stereocenters. The molecule has 2 aromatic carbocycles. The third-order valence-electron chi connectivity index (χ3n) is 5.22. The van der Waals surface area contributed by atoms with Gasteiger partial charge in [-0.15, -0.1) is 0 Å². The van der Waals surface area contributed by atoms with E-state index in [1.54, 1.807) is 16.4 Å². The first-order valence-electron chi connectivity index (χ1n) is 9.41. The van der Waals surface area contributed by atoms with E-state index >= 15 is 0 Å². The van der Waals surface area contributed by atoms with Crippen molar-refractivity contribution in [2.45, 2.75) is 37.5 Å². The summed E-state index contributed by atoms with van der Waals surface area (Å²) in [6.45, 7) is 4.88. The van der Waals surface area contributed by atoms with Crippen LogP contribution in [-0.2, 0) is 10.0 Å². The number of hydrogen-bond donors (Lipinski definition) is 0. The highest BCUT2D eigenvalue weighted by atomic mass is 32.2. The standard InChI is InChI=1S/C21H23N3O3S/c1-15-3-7-18(8-4-15)21-22-20(23-27-21)17-11-13-24(14-12-17)28(25,26)19-9-5-16(2)6-10-19/h3-10,17H,11-14H2,1-2H3. The van der Waals surface area contributed by atoms with Gasteiger partial charge >= 0.3 is 0 Å². The Hall–Kier alpha value is -2.51. The Bertz CT molecular complexity index is 1050. The number of sulfonamides is 1. The maximum atomic E-state index is 12.8. The van der Waals surface area contributed by atoms with E-state index in [-0.39, 0.29) is 5.92 Å². The van der Waals surface area contributed by atoms with Crippen molar-refractivity contribution in [3.05, 3.63) is 65.5 Å². The van der Waals surface area contributed by atoms with Crippen molar-refractivity contribution in [3.63, 3.8) is 0 Å². The first-order chi connectivity index (χ1) is 13.4. The largest absolute Gasteiger partial charge is 0.334 e. The predicted molar refractivity (Wildman–Crippen MR) is 106 cm³/mol. The van der Waals surface area contributed by atoms with Crippen molar-refractivity contribution in [2.24, 2.45) is 0 Å². The van der Waals surface area contributed by atoms with Crippen LogP contribution in [0.2, 0.25) is 0 Å². The second kappa shape index (κ2) is 7.48. The molecule has 7 heteroatoms. The molecule has 1 aliphatic rings. The summed E-state index contributed by atoms with van der Waals surface area (Å²) in [6, 6.07) is 14.9. The third kappa shape index (κ3) is 3.72. The molecular formula is C21H23N3O3S. The van der Waals surface area contributed by atoms with Crippen LogP contribution >= 0.6 is 0 Å². The molecule has 28 heavy (non-hydrogen) atoms. The van der Waals surface area contributed by atoms with Crippen molar-refractivity contribution in [2.75, 3.05) is 13.1 Å². The van der Waals surface area contributed by atoms with Crippen LogP contribution < -0.4 is 0 Å². The van der Waals surface area contributed by atoms with E-state index in [1.165, 1.54) is 5.56 Å². The number of piperidine rings is 1. The minimum absolute atomic E-state index is 0.104. The molecule has 4 rings (SSSR count). The number of benzene rings is 2. The fraction of sp³-hybridized carbons (Fsp3) is 0.333. The van der Waals surface area contributed by atoms with Gasteiger partial charge in [-0.05, 0) is 51.0 Å². The summed E-state index contributed by atoms with van der Waals surface area (Å²) in [7, 11) is -3.46. The van der Waals surface area contributed by atoms with Crippen LogP contribution in [0.5, 0.6) is 0 Å². The number of aromatic nitrogens is 2. The first-order valence-corrected chi connectivity index (χ1v) is 10.8. The molecule has 0 N–H and O–H groups in total. The van der Waals surface area contributed by atoms with Gasteiger partial charge in [-0.1, -0.05) is 40.5 Å². The summed E-state index contributed by atoms with van der Waals surface area (Å²) in [5.74, 6) is 1.26. The quantitative estimate of drug-likeness (QED) is 0.667. The Morgan fingerprint density at radius 1 is 0.929 bits per heavy atom. The van der Waals surface area contributed by atoms with E-state index in [2.05, 4.69) is 10.1 Å². The molecule has 0 bridgehead atoms. The van der Waals surface area contributed by atoms with Gasteiger partial charge < -0.3 is 4.52 Å².